The van der Waals surface area contributed by atoms with Crippen LogP contribution in [0.4, 0.5) is 0 Å². The van der Waals surface area contributed by atoms with Crippen molar-refractivity contribution in [1.29, 1.82) is 0 Å². The van der Waals surface area contributed by atoms with Gasteiger partial charge in [0.15, 0.2) is 0 Å². The van der Waals surface area contributed by atoms with E-state index >= 15 is 0 Å². The third-order valence-electron chi connectivity index (χ3n) is 5.14. The van der Waals surface area contributed by atoms with Gasteiger partial charge in [0.1, 0.15) is 0 Å². The molecule has 2 aromatic heterocycles. The Balaban J connectivity index is 1.87. The van der Waals surface area contributed by atoms with Gasteiger partial charge in [-0.25, -0.2) is 14.6 Å². The normalized spacial score (nSPS) is 25.4. The molecule has 2 aliphatic carbocycles. The Bertz CT molecular complexity index is 706. The summed E-state index contributed by atoms with van der Waals surface area (Å²) >= 11 is 0. The van der Waals surface area contributed by atoms with Crippen LogP contribution >= 0.6 is 0 Å². The van der Waals surface area contributed by atoms with Gasteiger partial charge in [-0.2, -0.15) is 5.10 Å². The number of aromatic nitrogens is 4. The molecule has 1 saturated carbocycles. The standard InChI is InChI=1S/C16H20N4/c1-8-6-9(2)18-15(17-8)20-12-7-11-14(16(11,4)5)13(12)10(3)19-20/h6,11,14H,7H2,1-5H3. The zero-order valence-corrected chi connectivity index (χ0v) is 12.7. The summed E-state index contributed by atoms with van der Waals surface area (Å²) in [6.07, 6.45) is 1.12. The number of nitrogens with zero attached hydrogens (tertiary/aromatic N) is 4. The van der Waals surface area contributed by atoms with E-state index in [0.717, 1.165) is 35.4 Å². The Morgan fingerprint density at radius 3 is 2.45 bits per heavy atom. The van der Waals surface area contributed by atoms with Gasteiger partial charge in [-0.15, -0.1) is 0 Å². The predicted molar refractivity (Wildman–Crippen MR) is 77.1 cm³/mol. The second-order valence-electron chi connectivity index (χ2n) is 6.92. The molecular formula is C16H20N4. The molecule has 0 radical (unpaired) electrons. The van der Waals surface area contributed by atoms with Crippen molar-refractivity contribution in [3.05, 3.63) is 34.4 Å². The minimum Gasteiger partial charge on any atom is -0.216 e. The van der Waals surface area contributed by atoms with Crippen molar-refractivity contribution in [2.75, 3.05) is 0 Å². The fourth-order valence-corrected chi connectivity index (χ4v) is 4.06. The van der Waals surface area contributed by atoms with Gasteiger partial charge in [-0.3, -0.25) is 0 Å². The highest BCUT2D eigenvalue weighted by atomic mass is 15.4. The summed E-state index contributed by atoms with van der Waals surface area (Å²) < 4.78 is 1.98. The monoisotopic (exact) mass is 268 g/mol. The van der Waals surface area contributed by atoms with Crippen molar-refractivity contribution >= 4 is 0 Å². The molecule has 2 aliphatic rings. The molecule has 0 N–H and O–H groups in total. The molecule has 2 heterocycles. The molecule has 2 atom stereocenters. The second-order valence-corrected chi connectivity index (χ2v) is 6.92. The van der Waals surface area contributed by atoms with Crippen molar-refractivity contribution in [2.24, 2.45) is 11.3 Å². The van der Waals surface area contributed by atoms with Crippen LogP contribution in [-0.4, -0.2) is 19.7 Å². The van der Waals surface area contributed by atoms with Gasteiger partial charge in [0.2, 0.25) is 0 Å². The Morgan fingerprint density at radius 2 is 1.80 bits per heavy atom. The summed E-state index contributed by atoms with van der Waals surface area (Å²) in [6, 6.07) is 2.00. The highest BCUT2D eigenvalue weighted by molar-refractivity contribution is 5.47. The summed E-state index contributed by atoms with van der Waals surface area (Å²) in [6.45, 7) is 10.9. The van der Waals surface area contributed by atoms with Crippen molar-refractivity contribution in [2.45, 2.75) is 47.0 Å². The highest BCUT2D eigenvalue weighted by Gasteiger charge is 2.63. The third kappa shape index (κ3) is 1.39. The molecule has 4 nitrogen and oxygen atoms in total. The third-order valence-corrected chi connectivity index (χ3v) is 5.14. The topological polar surface area (TPSA) is 43.6 Å². The molecule has 2 aromatic rings. The van der Waals surface area contributed by atoms with Gasteiger partial charge in [0, 0.05) is 17.0 Å². The number of hydrogen-bond donors (Lipinski definition) is 0. The van der Waals surface area contributed by atoms with E-state index in [9.17, 15) is 0 Å². The van der Waals surface area contributed by atoms with E-state index in [1.807, 2.05) is 24.6 Å². The number of aryl methyl sites for hydroxylation is 3. The first-order chi connectivity index (χ1) is 9.39. The van der Waals surface area contributed by atoms with Crippen LogP contribution in [0.5, 0.6) is 0 Å². The molecule has 4 rings (SSSR count). The molecule has 0 saturated heterocycles. The van der Waals surface area contributed by atoms with Crippen molar-refractivity contribution in [1.82, 2.24) is 19.7 Å². The quantitative estimate of drug-likeness (QED) is 0.798. The molecule has 0 bridgehead atoms. The summed E-state index contributed by atoms with van der Waals surface area (Å²) in [5.41, 5.74) is 6.40. The molecule has 0 amide bonds. The van der Waals surface area contributed by atoms with E-state index < -0.39 is 0 Å². The minimum atomic E-state index is 0.453. The maximum atomic E-state index is 4.72. The first-order valence-corrected chi connectivity index (χ1v) is 7.30. The van der Waals surface area contributed by atoms with Crippen molar-refractivity contribution < 1.29 is 0 Å². The van der Waals surface area contributed by atoms with Gasteiger partial charge in [-0.1, -0.05) is 13.8 Å². The van der Waals surface area contributed by atoms with E-state index in [1.165, 1.54) is 11.3 Å². The average Bonchev–Trinajstić information content (AvgIpc) is 2.71. The Hall–Kier alpha value is -1.71. The molecule has 20 heavy (non-hydrogen) atoms. The molecule has 4 heteroatoms. The zero-order valence-electron chi connectivity index (χ0n) is 12.7. The lowest BCUT2D eigenvalue weighted by Gasteiger charge is -2.10. The fraction of sp³-hybridized carbons (Fsp3) is 0.562. The molecule has 1 fully saturated rings. The van der Waals surface area contributed by atoms with Crippen LogP contribution in [-0.2, 0) is 6.42 Å². The molecule has 104 valence electrons. The van der Waals surface area contributed by atoms with Crippen molar-refractivity contribution in [3.63, 3.8) is 0 Å². The van der Waals surface area contributed by atoms with E-state index in [4.69, 9.17) is 5.10 Å². The fourth-order valence-electron chi connectivity index (χ4n) is 4.06. The van der Waals surface area contributed by atoms with Gasteiger partial charge >= 0.3 is 0 Å². The van der Waals surface area contributed by atoms with Gasteiger partial charge in [-0.05, 0) is 50.5 Å². The van der Waals surface area contributed by atoms with Crippen LogP contribution in [0.2, 0.25) is 0 Å². The summed E-state index contributed by atoms with van der Waals surface area (Å²) in [4.78, 5) is 9.12. The number of fused-ring (bicyclic) bond motifs is 3. The van der Waals surface area contributed by atoms with Crippen LogP contribution < -0.4 is 0 Å². The number of hydrogen-bond acceptors (Lipinski definition) is 3. The first kappa shape index (κ1) is 12.1. The van der Waals surface area contributed by atoms with Crippen LogP contribution in [0.15, 0.2) is 6.07 Å². The smallest absolute Gasteiger partial charge is 0.216 e. The molecule has 2 unspecified atom stereocenters. The second kappa shape index (κ2) is 3.48. The Morgan fingerprint density at radius 1 is 1.15 bits per heavy atom. The minimum absolute atomic E-state index is 0.453. The molecule has 0 aromatic carbocycles. The van der Waals surface area contributed by atoms with Gasteiger partial charge in [0.25, 0.3) is 5.95 Å². The lowest BCUT2D eigenvalue weighted by molar-refractivity contribution is 0.531. The van der Waals surface area contributed by atoms with Crippen LogP contribution in [0.3, 0.4) is 0 Å². The van der Waals surface area contributed by atoms with Gasteiger partial charge < -0.3 is 0 Å². The van der Waals surface area contributed by atoms with E-state index in [1.54, 1.807) is 0 Å². The molecular weight excluding hydrogens is 248 g/mol. The Labute approximate surface area is 119 Å². The first-order valence-electron chi connectivity index (χ1n) is 7.30. The summed E-state index contributed by atoms with van der Waals surface area (Å²) in [5.74, 6) is 2.20. The average molecular weight is 268 g/mol. The van der Waals surface area contributed by atoms with Crippen LogP contribution in [0.25, 0.3) is 5.95 Å². The van der Waals surface area contributed by atoms with Crippen molar-refractivity contribution in [3.8, 4) is 5.95 Å². The van der Waals surface area contributed by atoms with E-state index in [2.05, 4.69) is 30.7 Å². The maximum Gasteiger partial charge on any atom is 0.251 e. The van der Waals surface area contributed by atoms with E-state index in [-0.39, 0.29) is 0 Å². The summed E-state index contributed by atoms with van der Waals surface area (Å²) in [7, 11) is 0. The zero-order chi connectivity index (χ0) is 14.2. The Kier molecular flexibility index (Phi) is 2.10. The van der Waals surface area contributed by atoms with E-state index in [0.29, 0.717) is 11.3 Å². The number of rotatable bonds is 1. The van der Waals surface area contributed by atoms with Gasteiger partial charge in [0.05, 0.1) is 11.4 Å². The highest BCUT2D eigenvalue weighted by Crippen LogP contribution is 2.70. The largest absolute Gasteiger partial charge is 0.251 e. The predicted octanol–water partition coefficient (Wildman–Crippen LogP) is 2.88. The SMILES string of the molecule is Cc1cc(C)nc(-n2nc(C)c3c2CC2C3C2(C)C)n1. The lowest BCUT2D eigenvalue weighted by Crippen LogP contribution is -2.10. The summed E-state index contributed by atoms with van der Waals surface area (Å²) in [5, 5.41) is 4.72. The van der Waals surface area contributed by atoms with Crippen LogP contribution in [0, 0.1) is 32.1 Å². The van der Waals surface area contributed by atoms with Crippen LogP contribution in [0.1, 0.15) is 48.1 Å². The maximum absolute atomic E-state index is 4.72. The molecule has 0 aliphatic heterocycles. The lowest BCUT2D eigenvalue weighted by atomic mass is 9.98. The molecule has 0 spiro atoms.